The summed E-state index contributed by atoms with van der Waals surface area (Å²) in [5.74, 6) is 6.37. The van der Waals surface area contributed by atoms with Crippen molar-refractivity contribution < 1.29 is 0 Å². The van der Waals surface area contributed by atoms with Crippen LogP contribution in [0.15, 0.2) is 49.1 Å². The third-order valence-electron chi connectivity index (χ3n) is 6.13. The maximum absolute atomic E-state index is 4.83. The molecule has 0 radical (unpaired) electrons. The van der Waals surface area contributed by atoms with Crippen molar-refractivity contribution in [2.75, 3.05) is 0 Å². The summed E-state index contributed by atoms with van der Waals surface area (Å²) in [7, 11) is 0. The first-order chi connectivity index (χ1) is 16.5. The molecule has 0 aliphatic carbocycles. The summed E-state index contributed by atoms with van der Waals surface area (Å²) in [6.07, 6.45) is 9.19. The zero-order chi connectivity index (χ0) is 23.7. The molecular weight excluding hydrogens is 420 g/mol. The molecule has 6 heteroatoms. The Hall–Kier alpha value is -3.98. The third-order valence-corrected chi connectivity index (χ3v) is 6.13. The van der Waals surface area contributed by atoms with Crippen LogP contribution in [0.25, 0.3) is 33.3 Å². The van der Waals surface area contributed by atoms with Crippen molar-refractivity contribution in [3.05, 3.63) is 71.7 Å². The topological polar surface area (TPSA) is 72.3 Å². The lowest BCUT2D eigenvalue weighted by molar-refractivity contribution is 0.496. The van der Waals surface area contributed by atoms with Crippen LogP contribution in [0.1, 0.15) is 61.8 Å². The fraction of sp³-hybridized carbons (Fsp3) is 0.286. The molecule has 0 aliphatic rings. The van der Waals surface area contributed by atoms with Crippen molar-refractivity contribution in [1.82, 2.24) is 29.5 Å². The number of pyridine rings is 1. The number of aromatic nitrogens is 6. The first kappa shape index (κ1) is 21.8. The Morgan fingerprint density at radius 1 is 1.03 bits per heavy atom. The lowest BCUT2D eigenvalue weighted by Crippen LogP contribution is -2.03. The van der Waals surface area contributed by atoms with Gasteiger partial charge in [-0.2, -0.15) is 0 Å². The van der Waals surface area contributed by atoms with E-state index in [0.717, 1.165) is 56.7 Å². The van der Waals surface area contributed by atoms with Crippen molar-refractivity contribution in [1.29, 1.82) is 0 Å². The molecule has 1 atom stereocenters. The highest BCUT2D eigenvalue weighted by molar-refractivity contribution is 5.93. The standard InChI is InChI=1S/C28H28N6/c1-5-6-7-20(4)34-17-31-25-11-9-22(14-26(25)34)24-16-30-28-27(24)33-23(15-29-28)10-8-21-12-18(2)32-19(3)13-21/h9,11-17,20H,5-7H2,1-4H3,(H,29,30). The second-order valence-electron chi connectivity index (χ2n) is 8.89. The molecule has 0 bridgehead atoms. The van der Waals surface area contributed by atoms with Gasteiger partial charge in [0.05, 0.1) is 23.6 Å². The van der Waals surface area contributed by atoms with E-state index in [1.807, 2.05) is 38.5 Å². The molecule has 4 heterocycles. The maximum atomic E-state index is 4.83. The number of nitrogens with zero attached hydrogens (tertiary/aromatic N) is 5. The number of H-pyrrole nitrogens is 1. The second kappa shape index (κ2) is 9.11. The number of imidazole rings is 1. The van der Waals surface area contributed by atoms with Crippen LogP contribution in [0.2, 0.25) is 0 Å². The van der Waals surface area contributed by atoms with Crippen LogP contribution in [-0.2, 0) is 0 Å². The van der Waals surface area contributed by atoms with E-state index in [2.05, 4.69) is 68.4 Å². The first-order valence-corrected chi connectivity index (χ1v) is 11.8. The molecule has 5 aromatic rings. The van der Waals surface area contributed by atoms with E-state index < -0.39 is 0 Å². The average Bonchev–Trinajstić information content (AvgIpc) is 3.44. The summed E-state index contributed by atoms with van der Waals surface area (Å²) < 4.78 is 2.28. The summed E-state index contributed by atoms with van der Waals surface area (Å²) in [5, 5.41) is 0. The van der Waals surface area contributed by atoms with Gasteiger partial charge in [-0.3, -0.25) is 4.98 Å². The molecule has 1 unspecified atom stereocenters. The molecule has 34 heavy (non-hydrogen) atoms. The van der Waals surface area contributed by atoms with Gasteiger partial charge in [0, 0.05) is 34.8 Å². The molecule has 0 amide bonds. The highest BCUT2D eigenvalue weighted by atomic mass is 15.1. The summed E-state index contributed by atoms with van der Waals surface area (Å²) in [6, 6.07) is 10.8. The van der Waals surface area contributed by atoms with Gasteiger partial charge in [0.2, 0.25) is 0 Å². The van der Waals surface area contributed by atoms with Gasteiger partial charge in [0.15, 0.2) is 5.65 Å². The van der Waals surface area contributed by atoms with Crippen molar-refractivity contribution in [3.63, 3.8) is 0 Å². The fourth-order valence-corrected chi connectivity index (χ4v) is 4.40. The number of benzene rings is 1. The summed E-state index contributed by atoms with van der Waals surface area (Å²) in [4.78, 5) is 21.7. The first-order valence-electron chi connectivity index (χ1n) is 11.8. The van der Waals surface area contributed by atoms with Gasteiger partial charge in [-0.05, 0) is 62.9 Å². The molecule has 0 saturated heterocycles. The third kappa shape index (κ3) is 4.29. The monoisotopic (exact) mass is 448 g/mol. The molecule has 4 aromatic heterocycles. The summed E-state index contributed by atoms with van der Waals surface area (Å²) >= 11 is 0. The molecule has 6 nitrogen and oxygen atoms in total. The van der Waals surface area contributed by atoms with Crippen LogP contribution in [0.3, 0.4) is 0 Å². The van der Waals surface area contributed by atoms with E-state index in [0.29, 0.717) is 11.7 Å². The summed E-state index contributed by atoms with van der Waals surface area (Å²) in [5.41, 5.74) is 9.29. The fourth-order valence-electron chi connectivity index (χ4n) is 4.40. The number of rotatable bonds is 5. The number of unbranched alkanes of at least 4 members (excludes halogenated alkanes) is 1. The van der Waals surface area contributed by atoms with E-state index >= 15 is 0 Å². The predicted octanol–water partition coefficient (Wildman–Crippen LogP) is 6.14. The van der Waals surface area contributed by atoms with Crippen molar-refractivity contribution in [2.45, 2.75) is 53.0 Å². The Bertz CT molecular complexity index is 1530. The number of fused-ring (bicyclic) bond motifs is 2. The van der Waals surface area contributed by atoms with Crippen LogP contribution in [0, 0.1) is 25.7 Å². The quantitative estimate of drug-likeness (QED) is 0.328. The molecule has 0 fully saturated rings. The number of aryl methyl sites for hydroxylation is 2. The molecule has 170 valence electrons. The van der Waals surface area contributed by atoms with Gasteiger partial charge < -0.3 is 9.55 Å². The predicted molar refractivity (Wildman–Crippen MR) is 137 cm³/mol. The number of hydrogen-bond acceptors (Lipinski definition) is 4. The number of nitrogens with one attached hydrogen (secondary N) is 1. The minimum atomic E-state index is 0.408. The van der Waals surface area contributed by atoms with Gasteiger partial charge in [-0.15, -0.1) is 0 Å². The minimum absolute atomic E-state index is 0.408. The Labute approximate surface area is 199 Å². The van der Waals surface area contributed by atoms with Crippen molar-refractivity contribution >= 4 is 22.2 Å². The number of hydrogen-bond donors (Lipinski definition) is 1. The molecule has 1 aromatic carbocycles. The molecule has 5 rings (SSSR count). The van der Waals surface area contributed by atoms with Gasteiger partial charge in [-0.1, -0.05) is 31.8 Å². The van der Waals surface area contributed by atoms with Crippen LogP contribution in [0.4, 0.5) is 0 Å². The van der Waals surface area contributed by atoms with E-state index in [1.54, 1.807) is 6.20 Å². The minimum Gasteiger partial charge on any atom is -0.344 e. The molecule has 0 aliphatic heterocycles. The van der Waals surface area contributed by atoms with E-state index in [4.69, 9.17) is 4.98 Å². The summed E-state index contributed by atoms with van der Waals surface area (Å²) in [6.45, 7) is 8.44. The van der Waals surface area contributed by atoms with Crippen LogP contribution < -0.4 is 0 Å². The highest BCUT2D eigenvalue weighted by Crippen LogP contribution is 2.30. The van der Waals surface area contributed by atoms with Crippen molar-refractivity contribution in [3.8, 4) is 23.0 Å². The maximum Gasteiger partial charge on any atom is 0.156 e. The zero-order valence-corrected chi connectivity index (χ0v) is 20.1. The van der Waals surface area contributed by atoms with E-state index in [9.17, 15) is 0 Å². The van der Waals surface area contributed by atoms with Crippen LogP contribution in [0.5, 0.6) is 0 Å². The zero-order valence-electron chi connectivity index (χ0n) is 20.1. The average molecular weight is 449 g/mol. The second-order valence-corrected chi connectivity index (χ2v) is 8.89. The molecule has 1 N–H and O–H groups in total. The molecular formula is C28H28N6. The molecule has 0 saturated carbocycles. The normalized spacial score (nSPS) is 12.1. The van der Waals surface area contributed by atoms with Gasteiger partial charge in [0.25, 0.3) is 0 Å². The Morgan fingerprint density at radius 3 is 2.65 bits per heavy atom. The largest absolute Gasteiger partial charge is 0.344 e. The smallest absolute Gasteiger partial charge is 0.156 e. The van der Waals surface area contributed by atoms with Crippen LogP contribution >= 0.6 is 0 Å². The Balaban J connectivity index is 1.53. The Morgan fingerprint density at radius 2 is 1.85 bits per heavy atom. The number of aromatic amines is 1. The lowest BCUT2D eigenvalue weighted by Gasteiger charge is -2.14. The van der Waals surface area contributed by atoms with Gasteiger partial charge in [-0.25, -0.2) is 15.0 Å². The lowest BCUT2D eigenvalue weighted by atomic mass is 10.1. The Kier molecular flexibility index (Phi) is 5.85. The highest BCUT2D eigenvalue weighted by Gasteiger charge is 2.14. The molecule has 0 spiro atoms. The van der Waals surface area contributed by atoms with Crippen LogP contribution in [-0.4, -0.2) is 29.5 Å². The van der Waals surface area contributed by atoms with E-state index in [1.165, 1.54) is 12.8 Å². The van der Waals surface area contributed by atoms with Gasteiger partial charge in [0.1, 0.15) is 11.2 Å². The van der Waals surface area contributed by atoms with Crippen molar-refractivity contribution in [2.24, 2.45) is 0 Å². The van der Waals surface area contributed by atoms with Gasteiger partial charge >= 0.3 is 0 Å². The van der Waals surface area contributed by atoms with E-state index in [-0.39, 0.29) is 0 Å². The SMILES string of the molecule is CCCCC(C)n1cnc2ccc(-c3c[nH]c4ncc(C#Cc5cc(C)nc(C)c5)nc34)cc21.